The number of rotatable bonds is 6. The molecule has 0 bridgehead atoms. The summed E-state index contributed by atoms with van der Waals surface area (Å²) in [5.74, 6) is -0.0944. The van der Waals surface area contributed by atoms with Gasteiger partial charge in [0.25, 0.3) is 5.91 Å². The van der Waals surface area contributed by atoms with E-state index in [1.807, 2.05) is 19.1 Å². The molecule has 9 heteroatoms. The van der Waals surface area contributed by atoms with E-state index in [4.69, 9.17) is 9.47 Å². The van der Waals surface area contributed by atoms with Crippen molar-refractivity contribution in [3.63, 3.8) is 0 Å². The van der Waals surface area contributed by atoms with E-state index in [0.717, 1.165) is 10.5 Å². The number of benzene rings is 2. The van der Waals surface area contributed by atoms with Crippen LogP contribution in [0, 0.1) is 6.92 Å². The maximum atomic E-state index is 12.6. The first-order chi connectivity index (χ1) is 14.3. The molecule has 0 aromatic heterocycles. The minimum atomic E-state index is -0.662. The summed E-state index contributed by atoms with van der Waals surface area (Å²) in [5, 5.41) is 5.16. The fourth-order valence-corrected chi connectivity index (χ4v) is 3.51. The molecule has 156 valence electrons. The van der Waals surface area contributed by atoms with E-state index in [-0.39, 0.29) is 5.70 Å². The fraction of sp³-hybridized carbons (Fsp3) is 0.190. The Labute approximate surface area is 182 Å². The quantitative estimate of drug-likeness (QED) is 0.495. The van der Waals surface area contributed by atoms with Crippen LogP contribution in [0.5, 0.6) is 11.5 Å². The first-order valence-corrected chi connectivity index (χ1v) is 9.74. The third-order valence-electron chi connectivity index (χ3n) is 4.37. The van der Waals surface area contributed by atoms with Crippen LogP contribution in [0.1, 0.15) is 11.1 Å². The number of carbonyl (C=O) groups is 3. The number of carbonyl (C=O) groups excluding carboxylic acids is 3. The summed E-state index contributed by atoms with van der Waals surface area (Å²) < 4.78 is 11.2. The number of aryl methyl sites for hydroxylation is 1. The second-order valence-corrected chi connectivity index (χ2v) is 7.39. The van der Waals surface area contributed by atoms with E-state index >= 15 is 0 Å². The lowest BCUT2D eigenvalue weighted by molar-refractivity contribution is -0.127. The zero-order chi connectivity index (χ0) is 21.8. The summed E-state index contributed by atoms with van der Waals surface area (Å²) in [7, 11) is 3.01. The highest BCUT2D eigenvalue weighted by Crippen LogP contribution is 2.37. The van der Waals surface area contributed by atoms with Crippen molar-refractivity contribution in [3.05, 3.63) is 57.7 Å². The highest BCUT2D eigenvalue weighted by atomic mass is 79.9. The van der Waals surface area contributed by atoms with Gasteiger partial charge in [0.2, 0.25) is 5.91 Å². The number of nitrogens with one attached hydrogen (secondary N) is 2. The zero-order valence-electron chi connectivity index (χ0n) is 16.6. The molecule has 1 heterocycles. The highest BCUT2D eigenvalue weighted by molar-refractivity contribution is 9.10. The van der Waals surface area contributed by atoms with E-state index in [9.17, 15) is 14.4 Å². The van der Waals surface area contributed by atoms with Crippen molar-refractivity contribution >= 4 is 45.5 Å². The van der Waals surface area contributed by atoms with Crippen molar-refractivity contribution in [2.45, 2.75) is 6.92 Å². The first kappa shape index (κ1) is 21.4. The molecule has 3 rings (SSSR count). The molecular formula is C21H20BrN3O5. The number of methoxy groups -OCH3 is 2. The molecule has 2 aromatic carbocycles. The number of nitrogens with zero attached hydrogens (tertiary/aromatic N) is 1. The molecule has 0 atom stereocenters. The molecule has 30 heavy (non-hydrogen) atoms. The lowest BCUT2D eigenvalue weighted by Crippen LogP contribution is -2.38. The van der Waals surface area contributed by atoms with E-state index in [0.29, 0.717) is 27.2 Å². The molecule has 0 unspecified atom stereocenters. The Morgan fingerprint density at radius 2 is 1.87 bits per heavy atom. The number of amides is 4. The molecule has 2 N–H and O–H groups in total. The van der Waals surface area contributed by atoms with Gasteiger partial charge in [-0.25, -0.2) is 9.69 Å². The van der Waals surface area contributed by atoms with Gasteiger partial charge in [0.15, 0.2) is 11.5 Å². The second kappa shape index (κ2) is 9.00. The number of hydrogen-bond acceptors (Lipinski definition) is 5. The Morgan fingerprint density at radius 3 is 2.50 bits per heavy atom. The molecule has 1 saturated heterocycles. The van der Waals surface area contributed by atoms with Crippen LogP contribution in [0.4, 0.5) is 10.5 Å². The number of halogens is 1. The van der Waals surface area contributed by atoms with Gasteiger partial charge in [-0.3, -0.25) is 9.59 Å². The summed E-state index contributed by atoms with van der Waals surface area (Å²) in [4.78, 5) is 38.0. The van der Waals surface area contributed by atoms with Crippen LogP contribution in [0.3, 0.4) is 0 Å². The lowest BCUT2D eigenvalue weighted by atomic mass is 10.1. The van der Waals surface area contributed by atoms with Gasteiger partial charge < -0.3 is 20.1 Å². The highest BCUT2D eigenvalue weighted by Gasteiger charge is 2.35. The topological polar surface area (TPSA) is 97.0 Å². The number of ether oxygens (including phenoxy) is 2. The standard InChI is InChI=1S/C21H20BrN3O5/c1-12-4-6-14(7-5-12)23-18(26)11-25-20(27)16(24-21(25)28)9-13-8-15(22)19(30-3)17(10-13)29-2/h4-10H,11H2,1-3H3,(H,23,26)(H,24,28)/b16-9-. The average Bonchev–Trinajstić information content (AvgIpc) is 2.96. The van der Waals surface area contributed by atoms with Gasteiger partial charge in [-0.05, 0) is 58.8 Å². The molecule has 0 spiro atoms. The molecule has 2 aromatic rings. The van der Waals surface area contributed by atoms with Gasteiger partial charge >= 0.3 is 6.03 Å². The fourth-order valence-electron chi connectivity index (χ4n) is 2.88. The Kier molecular flexibility index (Phi) is 6.41. The average molecular weight is 474 g/mol. The van der Waals surface area contributed by atoms with Gasteiger partial charge in [0, 0.05) is 5.69 Å². The Hall–Kier alpha value is -3.33. The smallest absolute Gasteiger partial charge is 0.329 e. The van der Waals surface area contributed by atoms with E-state index in [1.54, 1.807) is 24.3 Å². The Balaban J connectivity index is 1.75. The lowest BCUT2D eigenvalue weighted by Gasteiger charge is -2.12. The van der Waals surface area contributed by atoms with Gasteiger partial charge in [0.05, 0.1) is 18.7 Å². The predicted octanol–water partition coefficient (Wildman–Crippen LogP) is 3.31. The van der Waals surface area contributed by atoms with Crippen molar-refractivity contribution in [3.8, 4) is 11.5 Å². The molecule has 4 amide bonds. The second-order valence-electron chi connectivity index (χ2n) is 6.53. The molecule has 1 aliphatic heterocycles. The number of urea groups is 1. The Morgan fingerprint density at radius 1 is 1.17 bits per heavy atom. The first-order valence-electron chi connectivity index (χ1n) is 8.95. The molecule has 0 saturated carbocycles. The third kappa shape index (κ3) is 4.62. The van der Waals surface area contributed by atoms with E-state index in [1.165, 1.54) is 20.3 Å². The van der Waals surface area contributed by atoms with Crippen LogP contribution in [-0.4, -0.2) is 43.5 Å². The van der Waals surface area contributed by atoms with Crippen LogP contribution < -0.4 is 20.1 Å². The van der Waals surface area contributed by atoms with Gasteiger partial charge in [-0.2, -0.15) is 0 Å². The van der Waals surface area contributed by atoms with Crippen LogP contribution >= 0.6 is 15.9 Å². The van der Waals surface area contributed by atoms with Gasteiger partial charge in [0.1, 0.15) is 12.2 Å². The SMILES string of the molecule is COc1cc(/C=C2\NC(=O)N(CC(=O)Nc3ccc(C)cc3)C2=O)cc(Br)c1OC. The Bertz CT molecular complexity index is 1030. The summed E-state index contributed by atoms with van der Waals surface area (Å²) >= 11 is 3.39. The van der Waals surface area contributed by atoms with E-state index in [2.05, 4.69) is 26.6 Å². The van der Waals surface area contributed by atoms with Gasteiger partial charge in [-0.15, -0.1) is 0 Å². The summed E-state index contributed by atoms with van der Waals surface area (Å²) in [5.41, 5.74) is 2.30. The van der Waals surface area contributed by atoms with Gasteiger partial charge in [-0.1, -0.05) is 17.7 Å². The maximum absolute atomic E-state index is 12.6. The number of anilines is 1. The van der Waals surface area contributed by atoms with Crippen molar-refractivity contribution in [1.82, 2.24) is 10.2 Å². The normalized spacial score (nSPS) is 14.7. The molecule has 8 nitrogen and oxygen atoms in total. The maximum Gasteiger partial charge on any atom is 0.329 e. The molecule has 0 aliphatic carbocycles. The minimum absolute atomic E-state index is 0.0576. The minimum Gasteiger partial charge on any atom is -0.493 e. The monoisotopic (exact) mass is 473 g/mol. The number of imide groups is 1. The van der Waals surface area contributed by atoms with E-state index < -0.39 is 24.4 Å². The summed E-state index contributed by atoms with van der Waals surface area (Å²) in [6.07, 6.45) is 1.50. The molecule has 1 fully saturated rings. The van der Waals surface area contributed by atoms with Crippen LogP contribution in [0.15, 0.2) is 46.6 Å². The van der Waals surface area contributed by atoms with Crippen LogP contribution in [-0.2, 0) is 9.59 Å². The van der Waals surface area contributed by atoms with Crippen LogP contribution in [0.25, 0.3) is 6.08 Å². The third-order valence-corrected chi connectivity index (χ3v) is 4.96. The predicted molar refractivity (Wildman–Crippen MR) is 115 cm³/mol. The van der Waals surface area contributed by atoms with Crippen molar-refractivity contribution < 1.29 is 23.9 Å². The number of hydrogen-bond donors (Lipinski definition) is 2. The van der Waals surface area contributed by atoms with Crippen molar-refractivity contribution in [2.24, 2.45) is 0 Å². The molecule has 1 aliphatic rings. The van der Waals surface area contributed by atoms with Crippen molar-refractivity contribution in [1.29, 1.82) is 0 Å². The molecular weight excluding hydrogens is 454 g/mol. The summed E-state index contributed by atoms with van der Waals surface area (Å²) in [6.45, 7) is 1.54. The summed E-state index contributed by atoms with van der Waals surface area (Å²) in [6, 6.07) is 9.93. The largest absolute Gasteiger partial charge is 0.493 e. The molecule has 0 radical (unpaired) electrons. The van der Waals surface area contributed by atoms with Crippen molar-refractivity contribution in [2.75, 3.05) is 26.1 Å². The van der Waals surface area contributed by atoms with Crippen LogP contribution in [0.2, 0.25) is 0 Å². The zero-order valence-corrected chi connectivity index (χ0v) is 18.2.